The van der Waals surface area contributed by atoms with Crippen LogP contribution in [0.1, 0.15) is 12.8 Å². The van der Waals surface area contributed by atoms with Gasteiger partial charge in [0.1, 0.15) is 17.8 Å². The fraction of sp³-hybridized carbons (Fsp3) is 0.320. The molecular weight excluding hydrogens is 438 g/mol. The highest BCUT2D eigenvalue weighted by atomic mass is 19.1. The third kappa shape index (κ3) is 3.70. The lowest BCUT2D eigenvalue weighted by Crippen LogP contribution is -2.48. The van der Waals surface area contributed by atoms with E-state index in [9.17, 15) is 13.6 Å². The monoisotopic (exact) mass is 462 g/mol. The van der Waals surface area contributed by atoms with Gasteiger partial charge in [-0.25, -0.2) is 23.5 Å². The third-order valence-corrected chi connectivity index (χ3v) is 6.77. The molecule has 0 unspecified atom stereocenters. The predicted molar refractivity (Wildman–Crippen MR) is 128 cm³/mol. The van der Waals surface area contributed by atoms with Crippen molar-refractivity contribution < 1.29 is 13.6 Å². The van der Waals surface area contributed by atoms with E-state index in [0.29, 0.717) is 25.3 Å². The average Bonchev–Trinajstić information content (AvgIpc) is 3.48. The number of halogens is 2. The number of fused-ring (bicyclic) bond motifs is 4. The van der Waals surface area contributed by atoms with Gasteiger partial charge in [-0.3, -0.25) is 10.2 Å². The number of hydrogen-bond acceptors (Lipinski definition) is 5. The van der Waals surface area contributed by atoms with E-state index in [1.807, 2.05) is 41.3 Å². The molecule has 6 rings (SSSR count). The Morgan fingerprint density at radius 3 is 2.71 bits per heavy atom. The Morgan fingerprint density at radius 1 is 1.03 bits per heavy atom. The van der Waals surface area contributed by atoms with Crippen LogP contribution < -0.4 is 20.0 Å². The van der Waals surface area contributed by atoms with Gasteiger partial charge in [0.25, 0.3) is 0 Å². The van der Waals surface area contributed by atoms with E-state index in [4.69, 9.17) is 4.98 Å². The molecule has 3 aliphatic heterocycles. The molecule has 2 atom stereocenters. The molecule has 2 saturated heterocycles. The van der Waals surface area contributed by atoms with Gasteiger partial charge < -0.3 is 9.80 Å². The molecule has 34 heavy (non-hydrogen) atoms. The van der Waals surface area contributed by atoms with Crippen LogP contribution in [-0.4, -0.2) is 54.4 Å². The first kappa shape index (κ1) is 20.8. The number of nitrogens with one attached hydrogen (secondary N) is 1. The summed E-state index contributed by atoms with van der Waals surface area (Å²) in [6.07, 6.45) is 1.67. The van der Waals surface area contributed by atoms with E-state index in [-0.39, 0.29) is 17.9 Å². The van der Waals surface area contributed by atoms with Crippen molar-refractivity contribution in [3.63, 3.8) is 0 Å². The maximum absolute atomic E-state index is 13.7. The molecule has 0 saturated carbocycles. The highest BCUT2D eigenvalue weighted by Gasteiger charge is 2.40. The van der Waals surface area contributed by atoms with Crippen molar-refractivity contribution in [3.8, 4) is 11.3 Å². The van der Waals surface area contributed by atoms with Crippen LogP contribution in [0.5, 0.6) is 0 Å². The van der Waals surface area contributed by atoms with Crippen LogP contribution in [-0.2, 0) is 0 Å². The molecule has 5 heterocycles. The zero-order chi connectivity index (χ0) is 23.2. The smallest absolute Gasteiger partial charge is 0.329 e. The molecule has 3 aromatic rings. The number of anilines is 4. The number of carbonyl (C=O) groups is 1. The molecule has 0 spiro atoms. The number of pyridine rings is 2. The number of urea groups is 1. The molecular formula is C25H24F2N6O. The minimum absolute atomic E-state index is 0.00637. The fourth-order valence-electron chi connectivity index (χ4n) is 5.07. The lowest BCUT2D eigenvalue weighted by molar-refractivity contribution is 0.254. The zero-order valence-electron chi connectivity index (χ0n) is 18.5. The summed E-state index contributed by atoms with van der Waals surface area (Å²) in [6, 6.07) is 14.3. The first-order valence-electron chi connectivity index (χ1n) is 11.5. The van der Waals surface area contributed by atoms with E-state index in [1.165, 1.54) is 12.1 Å². The number of nitrogens with zero attached hydrogens (tertiary/aromatic N) is 5. The Kier molecular flexibility index (Phi) is 5.04. The van der Waals surface area contributed by atoms with E-state index < -0.39 is 12.0 Å². The van der Waals surface area contributed by atoms with Crippen LogP contribution in [0, 0.1) is 5.82 Å². The van der Waals surface area contributed by atoms with Gasteiger partial charge in [-0.1, -0.05) is 12.1 Å². The van der Waals surface area contributed by atoms with E-state index in [0.717, 1.165) is 48.3 Å². The van der Waals surface area contributed by atoms with Crippen molar-refractivity contribution in [3.05, 3.63) is 60.5 Å². The molecule has 1 N–H and O–H groups in total. The van der Waals surface area contributed by atoms with Crippen LogP contribution in [0.4, 0.5) is 36.6 Å². The number of aromatic nitrogens is 2. The molecule has 2 aromatic heterocycles. The summed E-state index contributed by atoms with van der Waals surface area (Å²) >= 11 is 0. The lowest BCUT2D eigenvalue weighted by atomic mass is 10.1. The normalized spacial score (nSPS) is 21.1. The quantitative estimate of drug-likeness (QED) is 0.623. The molecule has 2 amide bonds. The Morgan fingerprint density at radius 2 is 1.91 bits per heavy atom. The Labute approximate surface area is 196 Å². The highest BCUT2D eigenvalue weighted by molar-refractivity contribution is 6.04. The Balaban J connectivity index is 1.33. The highest BCUT2D eigenvalue weighted by Crippen LogP contribution is 2.40. The first-order chi connectivity index (χ1) is 16.5. The van der Waals surface area contributed by atoms with Crippen molar-refractivity contribution in [2.75, 3.05) is 46.2 Å². The van der Waals surface area contributed by atoms with E-state index >= 15 is 0 Å². The third-order valence-electron chi connectivity index (χ3n) is 6.77. The topological polar surface area (TPSA) is 64.6 Å². The van der Waals surface area contributed by atoms with Gasteiger partial charge in [0, 0.05) is 37.4 Å². The van der Waals surface area contributed by atoms with E-state index in [1.54, 1.807) is 4.90 Å². The molecule has 7 nitrogen and oxygen atoms in total. The van der Waals surface area contributed by atoms with Crippen molar-refractivity contribution >= 4 is 29.0 Å². The minimum Gasteiger partial charge on any atom is -0.368 e. The average molecular weight is 463 g/mol. The molecule has 1 aromatic carbocycles. The second kappa shape index (κ2) is 8.23. The summed E-state index contributed by atoms with van der Waals surface area (Å²) in [4.78, 5) is 28.2. The number of benzene rings is 1. The summed E-state index contributed by atoms with van der Waals surface area (Å²) in [5.41, 5.74) is 3.54. The second-order valence-electron chi connectivity index (χ2n) is 8.97. The Bertz CT molecular complexity index is 1240. The van der Waals surface area contributed by atoms with E-state index in [2.05, 4.69) is 15.2 Å². The molecule has 0 aliphatic carbocycles. The number of amides is 2. The van der Waals surface area contributed by atoms with Crippen LogP contribution in [0.15, 0.2) is 54.7 Å². The van der Waals surface area contributed by atoms with Crippen molar-refractivity contribution in [1.29, 1.82) is 0 Å². The maximum Gasteiger partial charge on any atom is 0.329 e. The van der Waals surface area contributed by atoms with Gasteiger partial charge in [-0.2, -0.15) is 0 Å². The summed E-state index contributed by atoms with van der Waals surface area (Å²) in [7, 11) is 0. The number of hydrogen-bond donors (Lipinski definition) is 1. The zero-order valence-corrected chi connectivity index (χ0v) is 18.5. The SMILES string of the molecule is O=C(Nc1ccc(F)cn1)N1c2nc(-c3cccc(N4CC[C@H](F)C4)c3)ccc2N2CC[C@H]1C2. The van der Waals surface area contributed by atoms with Gasteiger partial charge in [0.05, 0.1) is 23.6 Å². The molecule has 174 valence electrons. The maximum atomic E-state index is 13.7. The van der Waals surface area contributed by atoms with Crippen molar-refractivity contribution in [1.82, 2.24) is 9.97 Å². The van der Waals surface area contributed by atoms with Crippen molar-refractivity contribution in [2.45, 2.75) is 25.1 Å². The summed E-state index contributed by atoms with van der Waals surface area (Å²) in [5.74, 6) is 0.424. The molecule has 9 heteroatoms. The fourth-order valence-corrected chi connectivity index (χ4v) is 5.07. The summed E-state index contributed by atoms with van der Waals surface area (Å²) in [6.45, 7) is 2.70. The lowest BCUT2D eigenvalue weighted by Gasteiger charge is -2.35. The molecule has 3 aliphatic rings. The minimum atomic E-state index is -0.794. The molecule has 2 fully saturated rings. The van der Waals surface area contributed by atoms with Gasteiger partial charge in [0.2, 0.25) is 0 Å². The van der Waals surface area contributed by atoms with Crippen molar-refractivity contribution in [2.24, 2.45) is 0 Å². The van der Waals surface area contributed by atoms with Crippen LogP contribution in [0.25, 0.3) is 11.3 Å². The van der Waals surface area contributed by atoms with Crippen LogP contribution >= 0.6 is 0 Å². The predicted octanol–water partition coefficient (Wildman–Crippen LogP) is 4.46. The van der Waals surface area contributed by atoms with Gasteiger partial charge >= 0.3 is 6.03 Å². The summed E-state index contributed by atoms with van der Waals surface area (Å²) < 4.78 is 26.9. The standard InChI is InChI=1S/C25H24F2N6O/c26-17-4-7-23(28-13-17)30-25(34)33-20-9-11-32(15-20)22-6-5-21(29-24(22)33)16-2-1-3-19(12-16)31-10-8-18(27)14-31/h1-7,12-13,18,20H,8-11,14-15H2,(H,28,30,34)/t18-,20-/m0/s1. The first-order valence-corrected chi connectivity index (χ1v) is 11.5. The second-order valence-corrected chi connectivity index (χ2v) is 8.97. The number of rotatable bonds is 3. The summed E-state index contributed by atoms with van der Waals surface area (Å²) in [5, 5.41) is 2.78. The largest absolute Gasteiger partial charge is 0.368 e. The molecule has 0 radical (unpaired) electrons. The molecule has 2 bridgehead atoms. The Hall–Kier alpha value is -3.75. The van der Waals surface area contributed by atoms with Crippen LogP contribution in [0.2, 0.25) is 0 Å². The van der Waals surface area contributed by atoms with Crippen LogP contribution in [0.3, 0.4) is 0 Å². The number of carbonyl (C=O) groups excluding carboxylic acids is 1. The number of alkyl halides is 1. The van der Waals surface area contributed by atoms with Gasteiger partial charge in [-0.05, 0) is 49.2 Å². The van der Waals surface area contributed by atoms with Gasteiger partial charge in [-0.15, -0.1) is 0 Å². The van der Waals surface area contributed by atoms with Gasteiger partial charge in [0.15, 0.2) is 5.82 Å².